The molecular weight excluding hydrogens is 284 g/mol. The molecule has 1 rings (SSSR count). The van der Waals surface area contributed by atoms with Gasteiger partial charge in [0.15, 0.2) is 5.78 Å². The van der Waals surface area contributed by atoms with Crippen LogP contribution in [0.3, 0.4) is 0 Å². The predicted octanol–water partition coefficient (Wildman–Crippen LogP) is 2.79. The normalized spacial score (nSPS) is 11.0. The van der Waals surface area contributed by atoms with Crippen molar-refractivity contribution in [2.24, 2.45) is 0 Å². The minimum atomic E-state index is -0.627. The highest BCUT2D eigenvalue weighted by Crippen LogP contribution is 2.12. The molecule has 0 fully saturated rings. The third kappa shape index (κ3) is 5.16. The Hall–Kier alpha value is -2.43. The summed E-state index contributed by atoms with van der Waals surface area (Å²) in [5, 5.41) is 0. The third-order valence-electron chi connectivity index (χ3n) is 2.97. The van der Waals surface area contributed by atoms with E-state index in [0.717, 1.165) is 12.8 Å². The molecule has 0 heterocycles. The number of hydrogen-bond acceptors (Lipinski definition) is 5. The van der Waals surface area contributed by atoms with Crippen LogP contribution < -0.4 is 0 Å². The number of unbranched alkanes of at least 4 members (excludes halogenated alkanes) is 1. The molecule has 0 unspecified atom stereocenters. The molecule has 22 heavy (non-hydrogen) atoms. The van der Waals surface area contributed by atoms with E-state index in [-0.39, 0.29) is 11.4 Å². The van der Waals surface area contributed by atoms with E-state index in [4.69, 9.17) is 4.74 Å². The maximum atomic E-state index is 11.9. The van der Waals surface area contributed by atoms with E-state index in [1.807, 2.05) is 6.92 Å². The van der Waals surface area contributed by atoms with Gasteiger partial charge in [-0.2, -0.15) is 0 Å². The lowest BCUT2D eigenvalue weighted by atomic mass is 10.1. The topological polar surface area (TPSA) is 69.7 Å². The molecule has 0 spiro atoms. The van der Waals surface area contributed by atoms with Crippen LogP contribution in [0.2, 0.25) is 0 Å². The fraction of sp³-hybridized carbons (Fsp3) is 0.353. The summed E-state index contributed by atoms with van der Waals surface area (Å²) >= 11 is 0. The van der Waals surface area contributed by atoms with Gasteiger partial charge in [-0.3, -0.25) is 4.79 Å². The molecular formula is C17H20O5. The van der Waals surface area contributed by atoms with Crippen LogP contribution in [0.1, 0.15) is 42.6 Å². The van der Waals surface area contributed by atoms with Gasteiger partial charge in [0.25, 0.3) is 0 Å². The molecule has 0 bridgehead atoms. The predicted molar refractivity (Wildman–Crippen MR) is 82.3 cm³/mol. The highest BCUT2D eigenvalue weighted by molar-refractivity contribution is 6.19. The van der Waals surface area contributed by atoms with E-state index >= 15 is 0 Å². The van der Waals surface area contributed by atoms with Gasteiger partial charge in [0, 0.05) is 0 Å². The fourth-order valence-corrected chi connectivity index (χ4v) is 1.69. The molecule has 0 aromatic heterocycles. The molecule has 0 radical (unpaired) electrons. The van der Waals surface area contributed by atoms with Gasteiger partial charge < -0.3 is 9.47 Å². The van der Waals surface area contributed by atoms with Crippen LogP contribution in [-0.4, -0.2) is 31.4 Å². The van der Waals surface area contributed by atoms with Crippen LogP contribution in [0.15, 0.2) is 29.8 Å². The number of ether oxygens (including phenoxy) is 2. The molecule has 0 amide bonds. The molecule has 0 aliphatic rings. The van der Waals surface area contributed by atoms with Crippen molar-refractivity contribution in [1.82, 2.24) is 0 Å². The van der Waals surface area contributed by atoms with Crippen LogP contribution in [-0.2, 0) is 19.1 Å². The fourth-order valence-electron chi connectivity index (χ4n) is 1.69. The summed E-state index contributed by atoms with van der Waals surface area (Å²) in [7, 11) is 1.30. The maximum absolute atomic E-state index is 11.9. The van der Waals surface area contributed by atoms with Gasteiger partial charge in [-0.05, 0) is 37.1 Å². The average Bonchev–Trinajstić information content (AvgIpc) is 2.52. The number of benzene rings is 1. The molecule has 118 valence electrons. The zero-order valence-electron chi connectivity index (χ0n) is 13.0. The van der Waals surface area contributed by atoms with Crippen molar-refractivity contribution in [3.05, 3.63) is 41.0 Å². The Labute approximate surface area is 129 Å². The first-order valence-electron chi connectivity index (χ1n) is 7.07. The number of hydrogen-bond donors (Lipinski definition) is 0. The summed E-state index contributed by atoms with van der Waals surface area (Å²) in [5.74, 6) is -1.43. The van der Waals surface area contributed by atoms with Gasteiger partial charge in [0.2, 0.25) is 0 Å². The minimum Gasteiger partial charge on any atom is -0.465 e. The van der Waals surface area contributed by atoms with E-state index in [1.54, 1.807) is 24.3 Å². The van der Waals surface area contributed by atoms with Crippen LogP contribution in [0.5, 0.6) is 0 Å². The van der Waals surface area contributed by atoms with E-state index in [2.05, 4.69) is 4.74 Å². The number of carbonyl (C=O) groups excluding carboxylic acids is 3. The second-order valence-corrected chi connectivity index (χ2v) is 4.72. The zero-order chi connectivity index (χ0) is 16.5. The van der Waals surface area contributed by atoms with E-state index in [0.29, 0.717) is 17.7 Å². The van der Waals surface area contributed by atoms with Crippen molar-refractivity contribution in [3.8, 4) is 0 Å². The van der Waals surface area contributed by atoms with E-state index in [1.165, 1.54) is 20.1 Å². The Balaban J connectivity index is 2.91. The van der Waals surface area contributed by atoms with Crippen molar-refractivity contribution < 1.29 is 23.9 Å². The summed E-state index contributed by atoms with van der Waals surface area (Å²) < 4.78 is 9.66. The van der Waals surface area contributed by atoms with Crippen molar-refractivity contribution >= 4 is 23.8 Å². The third-order valence-corrected chi connectivity index (χ3v) is 2.97. The lowest BCUT2D eigenvalue weighted by molar-refractivity contribution is -0.140. The van der Waals surface area contributed by atoms with Gasteiger partial charge >= 0.3 is 11.9 Å². The van der Waals surface area contributed by atoms with Crippen molar-refractivity contribution in [1.29, 1.82) is 0 Å². The maximum Gasteiger partial charge on any atom is 0.341 e. The number of esters is 2. The van der Waals surface area contributed by atoms with Crippen LogP contribution in [0.4, 0.5) is 0 Å². The average molecular weight is 304 g/mol. The highest BCUT2D eigenvalue weighted by atomic mass is 16.5. The van der Waals surface area contributed by atoms with Crippen LogP contribution in [0.25, 0.3) is 6.08 Å². The number of ketones is 1. The van der Waals surface area contributed by atoms with Crippen LogP contribution in [0, 0.1) is 0 Å². The zero-order valence-corrected chi connectivity index (χ0v) is 13.0. The SMILES string of the molecule is CCCCOC(=O)C(=Cc1ccc(C(=O)OC)cc1)C(C)=O. The molecule has 0 atom stereocenters. The summed E-state index contributed by atoms with van der Waals surface area (Å²) in [6.45, 7) is 3.59. The quantitative estimate of drug-likeness (QED) is 0.255. The second-order valence-electron chi connectivity index (χ2n) is 4.72. The summed E-state index contributed by atoms with van der Waals surface area (Å²) in [6, 6.07) is 6.40. The van der Waals surface area contributed by atoms with Gasteiger partial charge in [0.1, 0.15) is 5.57 Å². The number of Topliss-reactive ketones (excluding diaryl/α,β-unsaturated/α-hetero) is 1. The Morgan fingerprint density at radius 2 is 1.77 bits per heavy atom. The number of methoxy groups -OCH3 is 1. The standard InChI is InChI=1S/C17H20O5/c1-4-5-10-22-17(20)15(12(2)18)11-13-6-8-14(9-7-13)16(19)21-3/h6-9,11H,4-5,10H2,1-3H3. The monoisotopic (exact) mass is 304 g/mol. The van der Waals surface area contributed by atoms with Crippen molar-refractivity contribution in [3.63, 3.8) is 0 Å². The number of rotatable bonds is 7. The van der Waals surface area contributed by atoms with Gasteiger partial charge in [-0.1, -0.05) is 25.5 Å². The Kier molecular flexibility index (Phi) is 7.02. The Bertz CT molecular complexity index is 569. The summed E-state index contributed by atoms with van der Waals surface area (Å²) in [4.78, 5) is 34.8. The van der Waals surface area contributed by atoms with Crippen molar-refractivity contribution in [2.45, 2.75) is 26.7 Å². The molecule has 0 N–H and O–H groups in total. The van der Waals surface area contributed by atoms with Gasteiger partial charge in [-0.15, -0.1) is 0 Å². The molecule has 0 aliphatic carbocycles. The summed E-state index contributed by atoms with van der Waals surface area (Å²) in [5.41, 5.74) is 1.02. The Morgan fingerprint density at radius 3 is 2.27 bits per heavy atom. The molecule has 1 aromatic rings. The molecule has 1 aromatic carbocycles. The first-order valence-corrected chi connectivity index (χ1v) is 7.07. The largest absolute Gasteiger partial charge is 0.465 e. The molecule has 5 nitrogen and oxygen atoms in total. The second kappa shape index (κ2) is 8.77. The lowest BCUT2D eigenvalue weighted by Gasteiger charge is -2.06. The summed E-state index contributed by atoms with van der Waals surface area (Å²) in [6.07, 6.45) is 3.11. The Morgan fingerprint density at radius 1 is 1.14 bits per heavy atom. The van der Waals surface area contributed by atoms with E-state index < -0.39 is 11.9 Å². The molecule has 0 saturated carbocycles. The van der Waals surface area contributed by atoms with E-state index in [9.17, 15) is 14.4 Å². The number of carbonyl (C=O) groups is 3. The molecule has 5 heteroatoms. The van der Waals surface area contributed by atoms with Gasteiger partial charge in [-0.25, -0.2) is 9.59 Å². The minimum absolute atomic E-state index is 0.0121. The molecule has 0 saturated heterocycles. The molecule has 0 aliphatic heterocycles. The first-order chi connectivity index (χ1) is 10.5. The highest BCUT2D eigenvalue weighted by Gasteiger charge is 2.16. The van der Waals surface area contributed by atoms with Crippen molar-refractivity contribution in [2.75, 3.05) is 13.7 Å². The van der Waals surface area contributed by atoms with Gasteiger partial charge in [0.05, 0.1) is 19.3 Å². The smallest absolute Gasteiger partial charge is 0.341 e. The van der Waals surface area contributed by atoms with Crippen LogP contribution >= 0.6 is 0 Å². The lowest BCUT2D eigenvalue weighted by Crippen LogP contribution is -2.14. The first kappa shape index (κ1) is 17.6.